The summed E-state index contributed by atoms with van der Waals surface area (Å²) in [7, 11) is 1.56. The molecular weight excluding hydrogens is 587 g/mol. The number of likely N-dealkylation sites (N-methyl/N-ethyl adjacent to an activating group) is 1. The molecule has 0 saturated carbocycles. The van der Waals surface area contributed by atoms with Gasteiger partial charge in [0, 0.05) is 6.42 Å². The van der Waals surface area contributed by atoms with E-state index < -0.39 is 20.0 Å². The minimum absolute atomic E-state index is 0.0602. The summed E-state index contributed by atoms with van der Waals surface area (Å²) in [5, 5.41) is 13.7. The number of rotatable bonds is 32. The number of aliphatic hydroxyl groups excluding tert-OH is 1. The van der Waals surface area contributed by atoms with Gasteiger partial charge < -0.3 is 19.8 Å². The Morgan fingerprint density at radius 2 is 1.20 bits per heavy atom. The molecule has 9 heteroatoms. The van der Waals surface area contributed by atoms with Gasteiger partial charge in [-0.25, -0.2) is 4.57 Å². The number of quaternary nitrogens is 1. The van der Waals surface area contributed by atoms with Crippen molar-refractivity contribution in [2.45, 2.75) is 161 Å². The Labute approximate surface area is 277 Å². The molecule has 0 fully saturated rings. The van der Waals surface area contributed by atoms with E-state index in [4.69, 9.17) is 9.05 Å². The molecule has 0 spiro atoms. The molecule has 0 bridgehead atoms. The molecule has 0 rings (SSSR count). The molecule has 0 aromatic carbocycles. The van der Waals surface area contributed by atoms with Crippen LogP contribution in [-0.4, -0.2) is 73.4 Å². The minimum atomic E-state index is -4.32. The van der Waals surface area contributed by atoms with E-state index in [0.29, 0.717) is 17.4 Å². The highest BCUT2D eigenvalue weighted by Crippen LogP contribution is 2.43. The van der Waals surface area contributed by atoms with Crippen LogP contribution in [0.4, 0.5) is 0 Å². The van der Waals surface area contributed by atoms with Crippen LogP contribution >= 0.6 is 7.82 Å². The molecule has 0 aliphatic heterocycles. The van der Waals surface area contributed by atoms with Crippen molar-refractivity contribution >= 4 is 13.7 Å². The van der Waals surface area contributed by atoms with Crippen LogP contribution in [0.25, 0.3) is 0 Å². The van der Waals surface area contributed by atoms with Crippen LogP contribution in [0.3, 0.4) is 0 Å². The van der Waals surface area contributed by atoms with E-state index in [1.807, 2.05) is 27.2 Å². The number of phosphoric ester groups is 1. The lowest BCUT2D eigenvalue weighted by molar-refractivity contribution is -0.870. The van der Waals surface area contributed by atoms with Crippen LogP contribution in [0.1, 0.15) is 149 Å². The maximum absolute atomic E-state index is 12.7. The molecule has 0 heterocycles. The van der Waals surface area contributed by atoms with Gasteiger partial charge in [-0.1, -0.05) is 122 Å². The summed E-state index contributed by atoms with van der Waals surface area (Å²) in [6.07, 6.45) is 30.9. The molecule has 3 N–H and O–H groups in total. The molecule has 266 valence electrons. The summed E-state index contributed by atoms with van der Waals surface area (Å²) in [5.74, 6) is -0.191. The Bertz CT molecular complexity index is 799. The zero-order chi connectivity index (χ0) is 33.7. The first-order valence-corrected chi connectivity index (χ1v) is 19.7. The average Bonchev–Trinajstić information content (AvgIpc) is 2.97. The van der Waals surface area contributed by atoms with E-state index in [1.54, 1.807) is 6.08 Å². The topological polar surface area (TPSA) is 105 Å². The SMILES string of the molecule is CCCCCC/C=C\CCCCCCCC(=O)NC(COP(=O)(O)OCC[N+](C)(C)C)C(O)/C=C/CCCCCCCCCC. The predicted molar refractivity (Wildman–Crippen MR) is 189 cm³/mol. The van der Waals surface area contributed by atoms with Crippen LogP contribution in [0.2, 0.25) is 0 Å². The molecule has 0 aliphatic rings. The molecule has 45 heavy (non-hydrogen) atoms. The molecule has 8 nitrogen and oxygen atoms in total. The van der Waals surface area contributed by atoms with Crippen molar-refractivity contribution in [2.24, 2.45) is 0 Å². The first-order valence-electron chi connectivity index (χ1n) is 18.2. The van der Waals surface area contributed by atoms with Crippen LogP contribution < -0.4 is 5.32 Å². The number of amides is 1. The Balaban J connectivity index is 4.58. The lowest BCUT2D eigenvalue weighted by atomic mass is 10.1. The van der Waals surface area contributed by atoms with E-state index in [2.05, 4.69) is 31.3 Å². The minimum Gasteiger partial charge on any atom is -0.387 e. The third kappa shape index (κ3) is 31.4. The quantitative estimate of drug-likeness (QED) is 0.0288. The van der Waals surface area contributed by atoms with Crippen molar-refractivity contribution in [3.05, 3.63) is 24.3 Å². The van der Waals surface area contributed by atoms with Crippen LogP contribution in [0.5, 0.6) is 0 Å². The third-order valence-corrected chi connectivity index (χ3v) is 8.90. The average molecular weight is 660 g/mol. The molecule has 0 aromatic rings. The molecule has 0 aliphatic carbocycles. The molecule has 0 radical (unpaired) electrons. The lowest BCUT2D eigenvalue weighted by Crippen LogP contribution is -2.45. The molecule has 3 atom stereocenters. The fourth-order valence-electron chi connectivity index (χ4n) is 4.91. The summed E-state index contributed by atoms with van der Waals surface area (Å²) < 4.78 is 23.4. The normalized spacial score (nSPS) is 15.1. The maximum atomic E-state index is 12.7. The number of hydrogen-bond acceptors (Lipinski definition) is 5. The van der Waals surface area contributed by atoms with Crippen molar-refractivity contribution in [3.8, 4) is 0 Å². The molecule has 0 aromatic heterocycles. The Hall–Kier alpha value is -1.02. The molecule has 0 saturated heterocycles. The van der Waals surface area contributed by atoms with Gasteiger partial charge in [-0.05, 0) is 44.9 Å². The van der Waals surface area contributed by atoms with Crippen molar-refractivity contribution in [1.29, 1.82) is 0 Å². The van der Waals surface area contributed by atoms with Crippen LogP contribution in [0, 0.1) is 0 Å². The van der Waals surface area contributed by atoms with E-state index in [9.17, 15) is 19.4 Å². The third-order valence-electron chi connectivity index (χ3n) is 7.92. The standard InChI is InChI=1S/C36H71N2O6P/c1-6-8-10-12-14-16-18-19-20-22-24-26-28-30-36(40)37-34(33-44-45(41,42)43-32-31-38(3,4)5)35(39)29-27-25-23-21-17-15-13-11-9-7-2/h16,18,27,29,34-35,39H,6-15,17,19-26,28,30-33H2,1-5H3,(H-,37,40,41,42)/p+1/b18-16-,29-27+. The molecular formula is C36H72N2O6P+. The van der Waals surface area contributed by atoms with Crippen molar-refractivity contribution in [1.82, 2.24) is 5.32 Å². The number of nitrogens with one attached hydrogen (secondary N) is 1. The number of phosphoric acid groups is 1. The largest absolute Gasteiger partial charge is 0.472 e. The van der Waals surface area contributed by atoms with Crippen molar-refractivity contribution < 1.29 is 32.9 Å². The number of hydrogen-bond donors (Lipinski definition) is 3. The summed E-state index contributed by atoms with van der Waals surface area (Å²) in [5.41, 5.74) is 0. The first-order chi connectivity index (χ1) is 21.5. The van der Waals surface area contributed by atoms with E-state index in [-0.39, 0.29) is 19.1 Å². The first kappa shape index (κ1) is 44.0. The summed E-state index contributed by atoms with van der Waals surface area (Å²) in [6, 6.07) is -0.844. The van der Waals surface area contributed by atoms with E-state index in [1.165, 1.54) is 77.0 Å². The summed E-state index contributed by atoms with van der Waals surface area (Å²) in [6.45, 7) is 4.74. The maximum Gasteiger partial charge on any atom is 0.472 e. The van der Waals surface area contributed by atoms with Gasteiger partial charge in [0.15, 0.2) is 0 Å². The number of unbranched alkanes of at least 4 members (excludes halogenated alkanes) is 17. The van der Waals surface area contributed by atoms with Gasteiger partial charge in [0.2, 0.25) is 5.91 Å². The second-order valence-corrected chi connectivity index (χ2v) is 15.0. The molecule has 1 amide bonds. The predicted octanol–water partition coefficient (Wildman–Crippen LogP) is 9.02. The van der Waals surface area contributed by atoms with Gasteiger partial charge in [-0.15, -0.1) is 0 Å². The van der Waals surface area contributed by atoms with Gasteiger partial charge in [-0.2, -0.15) is 0 Å². The van der Waals surface area contributed by atoms with Gasteiger partial charge in [0.25, 0.3) is 0 Å². The zero-order valence-corrected chi connectivity index (χ0v) is 30.8. The summed E-state index contributed by atoms with van der Waals surface area (Å²) >= 11 is 0. The lowest BCUT2D eigenvalue weighted by Gasteiger charge is -2.25. The van der Waals surface area contributed by atoms with Crippen molar-refractivity contribution in [2.75, 3.05) is 40.9 Å². The number of allylic oxidation sites excluding steroid dienone is 3. The zero-order valence-electron chi connectivity index (χ0n) is 29.9. The van der Waals surface area contributed by atoms with Crippen LogP contribution in [0.15, 0.2) is 24.3 Å². The highest BCUT2D eigenvalue weighted by molar-refractivity contribution is 7.47. The number of carbonyl (C=O) groups is 1. The monoisotopic (exact) mass is 660 g/mol. The van der Waals surface area contributed by atoms with Gasteiger partial charge in [-0.3, -0.25) is 13.8 Å². The Morgan fingerprint density at radius 3 is 1.73 bits per heavy atom. The van der Waals surface area contributed by atoms with E-state index in [0.717, 1.165) is 51.4 Å². The van der Waals surface area contributed by atoms with Crippen molar-refractivity contribution in [3.63, 3.8) is 0 Å². The van der Waals surface area contributed by atoms with Gasteiger partial charge in [0.1, 0.15) is 13.2 Å². The van der Waals surface area contributed by atoms with Gasteiger partial charge >= 0.3 is 7.82 Å². The smallest absolute Gasteiger partial charge is 0.387 e. The Kier molecular flexibility index (Phi) is 28.5. The number of carbonyl (C=O) groups excluding carboxylic acids is 1. The number of aliphatic hydroxyl groups is 1. The number of nitrogens with zero attached hydrogens (tertiary/aromatic N) is 1. The highest BCUT2D eigenvalue weighted by atomic mass is 31.2. The van der Waals surface area contributed by atoms with Gasteiger partial charge in [0.05, 0.1) is 39.9 Å². The second-order valence-electron chi connectivity index (χ2n) is 13.6. The summed E-state index contributed by atoms with van der Waals surface area (Å²) in [4.78, 5) is 22.9. The highest BCUT2D eigenvalue weighted by Gasteiger charge is 2.27. The molecule has 3 unspecified atom stereocenters. The van der Waals surface area contributed by atoms with Crippen LogP contribution in [-0.2, 0) is 18.4 Å². The fraction of sp³-hybridized carbons (Fsp3) is 0.861. The van der Waals surface area contributed by atoms with E-state index >= 15 is 0 Å². The second kappa shape index (κ2) is 29.1. The fourth-order valence-corrected chi connectivity index (χ4v) is 5.65. The Morgan fingerprint density at radius 1 is 0.733 bits per heavy atom.